The Bertz CT molecular complexity index is 773. The van der Waals surface area contributed by atoms with E-state index in [1.54, 1.807) is 19.9 Å². The van der Waals surface area contributed by atoms with E-state index in [0.717, 1.165) is 10.5 Å². The first-order chi connectivity index (χ1) is 13.1. The van der Waals surface area contributed by atoms with Gasteiger partial charge in [-0.1, -0.05) is 32.0 Å². The number of anilines is 1. The van der Waals surface area contributed by atoms with Crippen LogP contribution < -0.4 is 10.6 Å². The van der Waals surface area contributed by atoms with Crippen molar-refractivity contribution in [1.82, 2.24) is 10.2 Å². The lowest BCUT2D eigenvalue weighted by molar-refractivity contribution is -0.147. The molecule has 0 unspecified atom stereocenters. The molecule has 1 heterocycles. The van der Waals surface area contributed by atoms with E-state index in [2.05, 4.69) is 10.6 Å². The van der Waals surface area contributed by atoms with Crippen molar-refractivity contribution in [1.29, 1.82) is 0 Å². The molecule has 1 saturated heterocycles. The van der Waals surface area contributed by atoms with Crippen molar-refractivity contribution in [2.24, 2.45) is 0 Å². The van der Waals surface area contributed by atoms with E-state index in [1.807, 2.05) is 32.0 Å². The van der Waals surface area contributed by atoms with Crippen LogP contribution in [0.3, 0.4) is 0 Å². The van der Waals surface area contributed by atoms with Crippen molar-refractivity contribution >= 4 is 29.5 Å². The Kier molecular flexibility index (Phi) is 6.77. The number of ether oxygens (including phenoxy) is 1. The number of hydrogen-bond acceptors (Lipinski definition) is 5. The minimum atomic E-state index is -0.929. The lowest BCUT2D eigenvalue weighted by Gasteiger charge is -2.15. The van der Waals surface area contributed by atoms with Crippen LogP contribution in [0.2, 0.25) is 0 Å². The van der Waals surface area contributed by atoms with Crippen molar-refractivity contribution in [2.45, 2.75) is 52.0 Å². The predicted octanol–water partition coefficient (Wildman–Crippen LogP) is 2.40. The third-order valence-electron chi connectivity index (χ3n) is 4.43. The molecule has 0 aromatic heterocycles. The van der Waals surface area contributed by atoms with Crippen molar-refractivity contribution < 1.29 is 23.9 Å². The number of nitrogens with one attached hydrogen (secondary N) is 2. The van der Waals surface area contributed by atoms with Gasteiger partial charge in [0.2, 0.25) is 0 Å². The van der Waals surface area contributed by atoms with Crippen LogP contribution in [0.4, 0.5) is 10.5 Å². The Labute approximate surface area is 164 Å². The molecule has 2 N–H and O–H groups in total. The third-order valence-corrected chi connectivity index (χ3v) is 4.43. The highest BCUT2D eigenvalue weighted by Gasteiger charge is 2.43. The second kappa shape index (κ2) is 8.86. The van der Waals surface area contributed by atoms with Crippen LogP contribution in [0.5, 0.6) is 0 Å². The molecule has 4 amide bonds. The summed E-state index contributed by atoms with van der Waals surface area (Å²) in [6.07, 6.45) is 0.277. The molecule has 152 valence electrons. The zero-order chi connectivity index (χ0) is 20.9. The first-order valence-electron chi connectivity index (χ1n) is 9.30. The molecule has 1 aromatic rings. The molecule has 0 atom stereocenters. The molecule has 0 spiro atoms. The van der Waals surface area contributed by atoms with Gasteiger partial charge in [0.1, 0.15) is 5.54 Å². The third kappa shape index (κ3) is 5.31. The lowest BCUT2D eigenvalue weighted by Crippen LogP contribution is -2.40. The Balaban J connectivity index is 1.74. The lowest BCUT2D eigenvalue weighted by atomic mass is 10.0. The molecular weight excluding hydrogens is 362 g/mol. The van der Waals surface area contributed by atoms with Crippen molar-refractivity contribution in [3.63, 3.8) is 0 Å². The number of imide groups is 1. The monoisotopic (exact) mass is 389 g/mol. The van der Waals surface area contributed by atoms with Gasteiger partial charge in [0.05, 0.1) is 0 Å². The molecule has 0 saturated carbocycles. The SMILES string of the molecule is CC(C)c1ccccc1NC(=O)COC(=O)CCCN1C(=O)NC(C)(C)C1=O. The molecule has 0 aliphatic carbocycles. The Morgan fingerprint density at radius 3 is 2.50 bits per heavy atom. The summed E-state index contributed by atoms with van der Waals surface area (Å²) >= 11 is 0. The van der Waals surface area contributed by atoms with Crippen molar-refractivity contribution in [2.75, 3.05) is 18.5 Å². The standard InChI is InChI=1S/C20H27N3O5/c1-13(2)14-8-5-6-9-15(14)21-16(24)12-28-17(25)10-7-11-23-18(26)20(3,4)22-19(23)27/h5-6,8-9,13H,7,10-12H2,1-4H3,(H,21,24)(H,22,27). The fraction of sp³-hybridized carbons (Fsp3) is 0.500. The molecule has 1 aliphatic rings. The van der Waals surface area contributed by atoms with Gasteiger partial charge in [0.25, 0.3) is 11.8 Å². The Morgan fingerprint density at radius 1 is 1.21 bits per heavy atom. The zero-order valence-electron chi connectivity index (χ0n) is 16.7. The molecule has 8 heteroatoms. The number of nitrogens with zero attached hydrogens (tertiary/aromatic N) is 1. The van der Waals surface area contributed by atoms with Gasteiger partial charge in [-0.15, -0.1) is 0 Å². The summed E-state index contributed by atoms with van der Waals surface area (Å²) in [6.45, 7) is 7.03. The minimum Gasteiger partial charge on any atom is -0.456 e. The van der Waals surface area contributed by atoms with E-state index in [1.165, 1.54) is 0 Å². The maximum absolute atomic E-state index is 12.1. The van der Waals surface area contributed by atoms with Gasteiger partial charge >= 0.3 is 12.0 Å². The largest absolute Gasteiger partial charge is 0.456 e. The molecule has 1 aromatic carbocycles. The molecule has 28 heavy (non-hydrogen) atoms. The van der Waals surface area contributed by atoms with Gasteiger partial charge in [-0.2, -0.15) is 0 Å². The summed E-state index contributed by atoms with van der Waals surface area (Å²) < 4.78 is 4.98. The van der Waals surface area contributed by atoms with Gasteiger partial charge in [-0.3, -0.25) is 19.3 Å². The van der Waals surface area contributed by atoms with E-state index in [4.69, 9.17) is 4.74 Å². The highest BCUT2D eigenvalue weighted by Crippen LogP contribution is 2.23. The number of hydrogen-bond donors (Lipinski definition) is 2. The Hall–Kier alpha value is -2.90. The van der Waals surface area contributed by atoms with Crippen LogP contribution in [0.15, 0.2) is 24.3 Å². The highest BCUT2D eigenvalue weighted by atomic mass is 16.5. The summed E-state index contributed by atoms with van der Waals surface area (Å²) in [7, 11) is 0. The highest BCUT2D eigenvalue weighted by molar-refractivity contribution is 6.06. The molecule has 0 bridgehead atoms. The number of benzene rings is 1. The molecule has 2 rings (SSSR count). The van der Waals surface area contributed by atoms with E-state index < -0.39 is 23.4 Å². The average Bonchev–Trinajstić information content (AvgIpc) is 2.81. The zero-order valence-corrected chi connectivity index (χ0v) is 16.7. The predicted molar refractivity (Wildman–Crippen MR) is 104 cm³/mol. The number of carbonyl (C=O) groups is 4. The van der Waals surface area contributed by atoms with Gasteiger partial charge in [0, 0.05) is 18.7 Å². The van der Waals surface area contributed by atoms with Gasteiger partial charge in [-0.25, -0.2) is 4.79 Å². The van der Waals surface area contributed by atoms with Crippen LogP contribution in [-0.2, 0) is 19.1 Å². The second-order valence-corrected chi connectivity index (χ2v) is 7.57. The van der Waals surface area contributed by atoms with Gasteiger partial charge in [-0.05, 0) is 37.8 Å². The maximum Gasteiger partial charge on any atom is 0.325 e. The topological polar surface area (TPSA) is 105 Å². The molecular formula is C20H27N3O5. The molecule has 8 nitrogen and oxygen atoms in total. The van der Waals surface area contributed by atoms with Crippen LogP contribution in [0.25, 0.3) is 0 Å². The molecule has 1 aliphatic heterocycles. The van der Waals surface area contributed by atoms with Crippen LogP contribution in [0.1, 0.15) is 52.0 Å². The van der Waals surface area contributed by atoms with Crippen LogP contribution >= 0.6 is 0 Å². The minimum absolute atomic E-state index is 0.00729. The molecule has 0 radical (unpaired) electrons. The smallest absolute Gasteiger partial charge is 0.325 e. The fourth-order valence-corrected chi connectivity index (χ4v) is 2.92. The summed E-state index contributed by atoms with van der Waals surface area (Å²) in [5.41, 5.74) is 0.764. The number of para-hydroxylation sites is 1. The van der Waals surface area contributed by atoms with E-state index in [0.29, 0.717) is 5.69 Å². The fourth-order valence-electron chi connectivity index (χ4n) is 2.92. The van der Waals surface area contributed by atoms with Gasteiger partial charge in [0.15, 0.2) is 6.61 Å². The van der Waals surface area contributed by atoms with E-state index in [9.17, 15) is 19.2 Å². The van der Waals surface area contributed by atoms with Crippen molar-refractivity contribution in [3.8, 4) is 0 Å². The average molecular weight is 389 g/mol. The summed E-state index contributed by atoms with van der Waals surface area (Å²) in [4.78, 5) is 48.8. The number of esters is 1. The van der Waals surface area contributed by atoms with Gasteiger partial charge < -0.3 is 15.4 Å². The maximum atomic E-state index is 12.1. The van der Waals surface area contributed by atoms with Crippen molar-refractivity contribution in [3.05, 3.63) is 29.8 Å². The quantitative estimate of drug-likeness (QED) is 0.525. The Morgan fingerprint density at radius 2 is 1.89 bits per heavy atom. The number of urea groups is 1. The first-order valence-corrected chi connectivity index (χ1v) is 9.30. The summed E-state index contributed by atoms with van der Waals surface area (Å²) in [5.74, 6) is -1.06. The van der Waals surface area contributed by atoms with E-state index in [-0.39, 0.29) is 37.8 Å². The number of amides is 4. The second-order valence-electron chi connectivity index (χ2n) is 7.57. The summed E-state index contributed by atoms with van der Waals surface area (Å²) in [5, 5.41) is 5.32. The summed E-state index contributed by atoms with van der Waals surface area (Å²) in [6, 6.07) is 6.99. The first kappa shape index (κ1) is 21.4. The normalized spacial score (nSPS) is 15.5. The number of rotatable bonds is 8. The number of carbonyl (C=O) groups excluding carboxylic acids is 4. The van der Waals surface area contributed by atoms with Crippen LogP contribution in [0, 0.1) is 0 Å². The molecule has 1 fully saturated rings. The van der Waals surface area contributed by atoms with Crippen LogP contribution in [-0.4, -0.2) is 47.4 Å². The van der Waals surface area contributed by atoms with E-state index >= 15 is 0 Å².